The Labute approximate surface area is 67.0 Å². The molecule has 3 heteroatoms. The van der Waals surface area contributed by atoms with Crippen LogP contribution >= 0.6 is 0 Å². The highest BCUT2D eigenvalue weighted by Gasteiger charge is 2.08. The van der Waals surface area contributed by atoms with E-state index in [9.17, 15) is 4.79 Å². The van der Waals surface area contributed by atoms with Crippen molar-refractivity contribution in [1.82, 2.24) is 0 Å². The molecule has 11 heavy (non-hydrogen) atoms. The van der Waals surface area contributed by atoms with Gasteiger partial charge in [0.15, 0.2) is 6.10 Å². The Balaban J connectivity index is 3.60. The van der Waals surface area contributed by atoms with Crippen molar-refractivity contribution in [2.45, 2.75) is 39.2 Å². The summed E-state index contributed by atoms with van der Waals surface area (Å²) in [5.41, 5.74) is 0. The third-order valence-electron chi connectivity index (χ3n) is 1.27. The monoisotopic (exact) mass is 155 g/mol. The molecule has 0 rings (SSSR count). The average molecular weight is 155 g/mol. The van der Waals surface area contributed by atoms with Gasteiger partial charge in [0.25, 0.3) is 0 Å². The third-order valence-corrected chi connectivity index (χ3v) is 1.27. The quantitative estimate of drug-likeness (QED) is 0.580. The Morgan fingerprint density at radius 2 is 2.36 bits per heavy atom. The molecule has 0 saturated carbocycles. The molecule has 0 unspecified atom stereocenters. The van der Waals surface area contributed by atoms with E-state index in [4.69, 9.17) is 10.00 Å². The van der Waals surface area contributed by atoms with E-state index in [0.29, 0.717) is 6.42 Å². The number of carbonyl (C=O) groups excluding carboxylic acids is 1. The fourth-order valence-electron chi connectivity index (χ4n) is 0.740. The zero-order chi connectivity index (χ0) is 8.69. The molecule has 0 heterocycles. The van der Waals surface area contributed by atoms with E-state index < -0.39 is 6.10 Å². The maximum atomic E-state index is 10.4. The molecule has 62 valence electrons. The molecule has 0 fully saturated rings. The summed E-state index contributed by atoms with van der Waals surface area (Å²) in [5, 5.41) is 8.47. The highest BCUT2D eigenvalue weighted by molar-refractivity contribution is 5.66. The van der Waals surface area contributed by atoms with E-state index in [1.54, 1.807) is 0 Å². The van der Waals surface area contributed by atoms with Crippen LogP contribution in [0.15, 0.2) is 0 Å². The van der Waals surface area contributed by atoms with Crippen molar-refractivity contribution in [3.63, 3.8) is 0 Å². The first-order chi connectivity index (χ1) is 5.20. The van der Waals surface area contributed by atoms with Crippen LogP contribution < -0.4 is 0 Å². The average Bonchev–Trinajstić information content (AvgIpc) is 1.97. The molecule has 0 aromatic rings. The molecular weight excluding hydrogens is 142 g/mol. The van der Waals surface area contributed by atoms with Crippen molar-refractivity contribution >= 4 is 5.97 Å². The molecule has 0 spiro atoms. The standard InChI is InChI=1S/C8H13NO2/c1-3-4-5-8(6-9)11-7(2)10/h8H,3-5H2,1-2H3/t8-/m1/s1. The minimum Gasteiger partial charge on any atom is -0.447 e. The van der Waals surface area contributed by atoms with Gasteiger partial charge in [-0.3, -0.25) is 4.79 Å². The molecule has 0 aliphatic carbocycles. The Hall–Kier alpha value is -1.04. The minimum atomic E-state index is -0.549. The maximum absolute atomic E-state index is 10.4. The van der Waals surface area contributed by atoms with Gasteiger partial charge < -0.3 is 4.74 Å². The van der Waals surface area contributed by atoms with Crippen molar-refractivity contribution in [3.05, 3.63) is 0 Å². The van der Waals surface area contributed by atoms with Gasteiger partial charge >= 0.3 is 5.97 Å². The van der Waals surface area contributed by atoms with Crippen LogP contribution in [0.3, 0.4) is 0 Å². The lowest BCUT2D eigenvalue weighted by Gasteiger charge is -2.07. The number of hydrogen-bond donors (Lipinski definition) is 0. The third kappa shape index (κ3) is 5.41. The van der Waals surface area contributed by atoms with Crippen LogP contribution in [0.4, 0.5) is 0 Å². The number of unbranched alkanes of at least 4 members (excludes halogenated alkanes) is 1. The van der Waals surface area contributed by atoms with Crippen molar-refractivity contribution < 1.29 is 9.53 Å². The van der Waals surface area contributed by atoms with Crippen LogP contribution in [0.25, 0.3) is 0 Å². The molecule has 0 bridgehead atoms. The van der Waals surface area contributed by atoms with Gasteiger partial charge in [0.1, 0.15) is 6.07 Å². The Morgan fingerprint density at radius 3 is 2.73 bits per heavy atom. The Morgan fingerprint density at radius 1 is 1.73 bits per heavy atom. The molecule has 0 N–H and O–H groups in total. The van der Waals surface area contributed by atoms with Gasteiger partial charge in [0.2, 0.25) is 0 Å². The molecule has 1 atom stereocenters. The van der Waals surface area contributed by atoms with Crippen molar-refractivity contribution in [2.75, 3.05) is 0 Å². The van der Waals surface area contributed by atoms with E-state index in [-0.39, 0.29) is 5.97 Å². The number of ether oxygens (including phenoxy) is 1. The summed E-state index contributed by atoms with van der Waals surface area (Å²) < 4.78 is 4.70. The first-order valence-corrected chi connectivity index (χ1v) is 3.77. The molecule has 0 aromatic heterocycles. The first kappa shape index (κ1) is 9.96. The molecule has 0 aliphatic rings. The summed E-state index contributed by atoms with van der Waals surface area (Å²) in [7, 11) is 0. The van der Waals surface area contributed by atoms with Crippen molar-refractivity contribution in [1.29, 1.82) is 5.26 Å². The van der Waals surface area contributed by atoms with Gasteiger partial charge in [-0.05, 0) is 12.8 Å². The van der Waals surface area contributed by atoms with Crippen LogP contribution in [0.1, 0.15) is 33.1 Å². The molecule has 0 amide bonds. The van der Waals surface area contributed by atoms with Crippen LogP contribution in [0.2, 0.25) is 0 Å². The summed E-state index contributed by atoms with van der Waals surface area (Å²) in [5.74, 6) is -0.382. The molecule has 0 radical (unpaired) electrons. The van der Waals surface area contributed by atoms with Gasteiger partial charge in [-0.2, -0.15) is 5.26 Å². The number of hydrogen-bond acceptors (Lipinski definition) is 3. The number of nitriles is 1. The summed E-state index contributed by atoms with van der Waals surface area (Å²) in [4.78, 5) is 10.4. The molecule has 0 aliphatic heterocycles. The lowest BCUT2D eigenvalue weighted by molar-refractivity contribution is -0.144. The predicted octanol–water partition coefficient (Wildman–Crippen LogP) is 1.63. The fourth-order valence-corrected chi connectivity index (χ4v) is 0.740. The summed E-state index contributed by atoms with van der Waals surface area (Å²) >= 11 is 0. The fraction of sp³-hybridized carbons (Fsp3) is 0.750. The maximum Gasteiger partial charge on any atom is 0.303 e. The second kappa shape index (κ2) is 5.72. The number of rotatable bonds is 4. The van der Waals surface area contributed by atoms with E-state index in [1.807, 2.05) is 13.0 Å². The number of carbonyl (C=O) groups is 1. The van der Waals surface area contributed by atoms with Crippen molar-refractivity contribution in [2.24, 2.45) is 0 Å². The van der Waals surface area contributed by atoms with Gasteiger partial charge in [0, 0.05) is 6.92 Å². The zero-order valence-corrected chi connectivity index (χ0v) is 6.96. The van der Waals surface area contributed by atoms with E-state index >= 15 is 0 Å². The van der Waals surface area contributed by atoms with Crippen LogP contribution in [-0.4, -0.2) is 12.1 Å². The minimum absolute atomic E-state index is 0.382. The first-order valence-electron chi connectivity index (χ1n) is 3.77. The second-order valence-corrected chi connectivity index (χ2v) is 2.37. The molecular formula is C8H13NO2. The summed E-state index contributed by atoms with van der Waals surface area (Å²) in [6, 6.07) is 1.93. The molecule has 0 saturated heterocycles. The predicted molar refractivity (Wildman–Crippen MR) is 40.7 cm³/mol. The van der Waals surface area contributed by atoms with E-state index in [2.05, 4.69) is 0 Å². The van der Waals surface area contributed by atoms with Crippen LogP contribution in [0.5, 0.6) is 0 Å². The highest BCUT2D eigenvalue weighted by atomic mass is 16.5. The van der Waals surface area contributed by atoms with E-state index in [0.717, 1.165) is 12.8 Å². The van der Waals surface area contributed by atoms with Gasteiger partial charge in [-0.15, -0.1) is 0 Å². The smallest absolute Gasteiger partial charge is 0.303 e. The summed E-state index contributed by atoms with van der Waals surface area (Å²) in [6.45, 7) is 3.35. The summed E-state index contributed by atoms with van der Waals surface area (Å²) in [6.07, 6.45) is 2.03. The van der Waals surface area contributed by atoms with Gasteiger partial charge in [0.05, 0.1) is 0 Å². The van der Waals surface area contributed by atoms with Crippen molar-refractivity contribution in [3.8, 4) is 6.07 Å². The zero-order valence-electron chi connectivity index (χ0n) is 6.96. The number of esters is 1. The second-order valence-electron chi connectivity index (χ2n) is 2.37. The highest BCUT2D eigenvalue weighted by Crippen LogP contribution is 2.03. The lowest BCUT2D eigenvalue weighted by atomic mass is 10.2. The van der Waals surface area contributed by atoms with E-state index in [1.165, 1.54) is 6.92 Å². The molecule has 3 nitrogen and oxygen atoms in total. The van der Waals surface area contributed by atoms with Crippen LogP contribution in [-0.2, 0) is 9.53 Å². The Kier molecular flexibility index (Phi) is 5.18. The van der Waals surface area contributed by atoms with Crippen LogP contribution in [0, 0.1) is 11.3 Å². The van der Waals surface area contributed by atoms with Gasteiger partial charge in [-0.1, -0.05) is 13.3 Å². The Bertz CT molecular complexity index is 160. The SMILES string of the molecule is CCCC[C@H](C#N)OC(C)=O. The largest absolute Gasteiger partial charge is 0.447 e. The number of nitrogens with zero attached hydrogens (tertiary/aromatic N) is 1. The topological polar surface area (TPSA) is 50.1 Å². The lowest BCUT2D eigenvalue weighted by Crippen LogP contribution is -2.13. The normalized spacial score (nSPS) is 11.7. The molecule has 0 aromatic carbocycles. The van der Waals surface area contributed by atoms with Gasteiger partial charge in [-0.25, -0.2) is 0 Å².